The van der Waals surface area contributed by atoms with Crippen molar-refractivity contribution in [3.05, 3.63) is 95.3 Å². The van der Waals surface area contributed by atoms with Gasteiger partial charge in [-0.2, -0.15) is 0 Å². The molecule has 3 aromatic carbocycles. The van der Waals surface area contributed by atoms with E-state index in [2.05, 4.69) is 5.32 Å². The van der Waals surface area contributed by atoms with Crippen molar-refractivity contribution in [3.8, 4) is 0 Å². The van der Waals surface area contributed by atoms with Crippen LogP contribution in [-0.4, -0.2) is 25.9 Å². The SMILES string of the molecule is Cc1ccc(NC(=O)CS(=O)(=O)c2ccc(F)cc2)c(C(=O)c2ccccc2)c1. The number of rotatable bonds is 6. The van der Waals surface area contributed by atoms with Crippen molar-refractivity contribution in [3.63, 3.8) is 0 Å². The van der Waals surface area contributed by atoms with Crippen LogP contribution >= 0.6 is 0 Å². The third-order valence-corrected chi connectivity index (χ3v) is 5.86. The molecule has 148 valence electrons. The van der Waals surface area contributed by atoms with E-state index in [0.717, 1.165) is 29.8 Å². The third kappa shape index (κ3) is 4.94. The summed E-state index contributed by atoms with van der Waals surface area (Å²) >= 11 is 0. The highest BCUT2D eigenvalue weighted by Crippen LogP contribution is 2.22. The lowest BCUT2D eigenvalue weighted by atomic mass is 10.00. The van der Waals surface area contributed by atoms with Crippen LogP contribution in [-0.2, 0) is 14.6 Å². The van der Waals surface area contributed by atoms with Gasteiger partial charge in [-0.1, -0.05) is 42.0 Å². The molecule has 1 N–H and O–H groups in total. The van der Waals surface area contributed by atoms with Gasteiger partial charge in [-0.25, -0.2) is 12.8 Å². The minimum atomic E-state index is -3.95. The van der Waals surface area contributed by atoms with Gasteiger partial charge < -0.3 is 5.32 Å². The lowest BCUT2D eigenvalue weighted by Gasteiger charge is -2.12. The molecule has 0 bridgehead atoms. The van der Waals surface area contributed by atoms with Gasteiger partial charge in [0.15, 0.2) is 15.6 Å². The standard InChI is InChI=1S/C22H18FNO4S/c1-15-7-12-20(19(13-15)22(26)16-5-3-2-4-6-16)24-21(25)14-29(27,28)18-10-8-17(23)9-11-18/h2-13H,14H2,1H3,(H,24,25). The lowest BCUT2D eigenvalue weighted by molar-refractivity contribution is -0.113. The number of ketones is 1. The van der Waals surface area contributed by atoms with E-state index in [4.69, 9.17) is 0 Å². The summed E-state index contributed by atoms with van der Waals surface area (Å²) in [4.78, 5) is 25.1. The summed E-state index contributed by atoms with van der Waals surface area (Å²) in [6, 6.07) is 17.7. The van der Waals surface area contributed by atoms with Gasteiger partial charge in [0.05, 0.1) is 10.6 Å². The van der Waals surface area contributed by atoms with Crippen molar-refractivity contribution in [1.82, 2.24) is 0 Å². The molecule has 0 aliphatic carbocycles. The highest BCUT2D eigenvalue weighted by atomic mass is 32.2. The normalized spacial score (nSPS) is 11.1. The molecule has 0 atom stereocenters. The van der Waals surface area contributed by atoms with Crippen molar-refractivity contribution in [2.24, 2.45) is 0 Å². The van der Waals surface area contributed by atoms with Crippen LogP contribution in [0.15, 0.2) is 77.7 Å². The Morgan fingerprint density at radius 1 is 0.931 bits per heavy atom. The highest BCUT2D eigenvalue weighted by Gasteiger charge is 2.21. The van der Waals surface area contributed by atoms with Gasteiger partial charge in [0.25, 0.3) is 0 Å². The Morgan fingerprint density at radius 2 is 1.59 bits per heavy atom. The number of benzene rings is 3. The number of anilines is 1. The summed E-state index contributed by atoms with van der Waals surface area (Å²) in [5.41, 5.74) is 1.77. The fourth-order valence-corrected chi connectivity index (χ4v) is 3.92. The maximum Gasteiger partial charge on any atom is 0.239 e. The maximum atomic E-state index is 13.0. The van der Waals surface area contributed by atoms with Crippen LogP contribution < -0.4 is 5.32 Å². The van der Waals surface area contributed by atoms with E-state index in [9.17, 15) is 22.4 Å². The Labute approximate surface area is 168 Å². The van der Waals surface area contributed by atoms with Crippen LogP contribution in [0.3, 0.4) is 0 Å². The molecule has 0 saturated heterocycles. The van der Waals surface area contributed by atoms with E-state index in [1.54, 1.807) is 48.5 Å². The number of carbonyl (C=O) groups is 2. The van der Waals surface area contributed by atoms with E-state index >= 15 is 0 Å². The summed E-state index contributed by atoms with van der Waals surface area (Å²) in [5, 5.41) is 2.51. The molecule has 0 aromatic heterocycles. The van der Waals surface area contributed by atoms with Crippen molar-refractivity contribution < 1.29 is 22.4 Å². The van der Waals surface area contributed by atoms with E-state index in [1.165, 1.54) is 0 Å². The summed E-state index contributed by atoms with van der Waals surface area (Å²) in [5.74, 6) is -2.48. The maximum absolute atomic E-state index is 13.0. The quantitative estimate of drug-likeness (QED) is 0.495. The van der Waals surface area contributed by atoms with Gasteiger partial charge in [-0.05, 0) is 43.3 Å². The van der Waals surface area contributed by atoms with Gasteiger partial charge in [0.1, 0.15) is 11.6 Å². The van der Waals surface area contributed by atoms with Crippen LogP contribution in [0, 0.1) is 12.7 Å². The van der Waals surface area contributed by atoms with Gasteiger partial charge in [-0.15, -0.1) is 0 Å². The fraction of sp³-hybridized carbons (Fsp3) is 0.0909. The van der Waals surface area contributed by atoms with Crippen LogP contribution in [0.1, 0.15) is 21.5 Å². The van der Waals surface area contributed by atoms with Gasteiger partial charge >= 0.3 is 0 Å². The van der Waals surface area contributed by atoms with Crippen molar-refractivity contribution in [2.45, 2.75) is 11.8 Å². The van der Waals surface area contributed by atoms with E-state index in [-0.39, 0.29) is 21.9 Å². The monoisotopic (exact) mass is 411 g/mol. The first-order chi connectivity index (χ1) is 13.8. The lowest BCUT2D eigenvalue weighted by Crippen LogP contribution is -2.24. The number of aryl methyl sites for hydroxylation is 1. The molecule has 7 heteroatoms. The largest absolute Gasteiger partial charge is 0.325 e. The minimum Gasteiger partial charge on any atom is -0.325 e. The van der Waals surface area contributed by atoms with Gasteiger partial charge in [0.2, 0.25) is 5.91 Å². The molecule has 0 aliphatic heterocycles. The molecule has 5 nitrogen and oxygen atoms in total. The molecule has 0 heterocycles. The molecular formula is C22H18FNO4S. The number of hydrogen-bond donors (Lipinski definition) is 1. The predicted octanol–water partition coefficient (Wildman–Crippen LogP) is 3.78. The first kappa shape index (κ1) is 20.4. The average Bonchev–Trinajstić information content (AvgIpc) is 2.69. The topological polar surface area (TPSA) is 80.3 Å². The Bertz CT molecular complexity index is 1160. The number of nitrogens with one attached hydrogen (secondary N) is 1. The molecule has 0 radical (unpaired) electrons. The summed E-state index contributed by atoms with van der Waals surface area (Å²) in [7, 11) is -3.95. The average molecular weight is 411 g/mol. The molecule has 0 saturated carbocycles. The molecule has 1 amide bonds. The van der Waals surface area contributed by atoms with Crippen LogP contribution in [0.25, 0.3) is 0 Å². The molecule has 3 aromatic rings. The fourth-order valence-electron chi connectivity index (χ4n) is 2.78. The smallest absolute Gasteiger partial charge is 0.239 e. The molecule has 3 rings (SSSR count). The minimum absolute atomic E-state index is 0.154. The molecule has 0 fully saturated rings. The Balaban J connectivity index is 1.84. The Kier molecular flexibility index (Phi) is 5.89. The van der Waals surface area contributed by atoms with Crippen molar-refractivity contribution in [2.75, 3.05) is 11.1 Å². The number of hydrogen-bond acceptors (Lipinski definition) is 4. The molecule has 29 heavy (non-hydrogen) atoms. The first-order valence-corrected chi connectivity index (χ1v) is 10.4. The van der Waals surface area contributed by atoms with Crippen LogP contribution in [0.2, 0.25) is 0 Å². The van der Waals surface area contributed by atoms with Crippen LogP contribution in [0.4, 0.5) is 10.1 Å². The molecule has 0 unspecified atom stereocenters. The second-order valence-electron chi connectivity index (χ2n) is 6.51. The zero-order valence-corrected chi connectivity index (χ0v) is 16.4. The predicted molar refractivity (Wildman–Crippen MR) is 108 cm³/mol. The Morgan fingerprint density at radius 3 is 2.24 bits per heavy atom. The molecular weight excluding hydrogens is 393 g/mol. The van der Waals surface area contributed by atoms with Crippen LogP contribution in [0.5, 0.6) is 0 Å². The second-order valence-corrected chi connectivity index (χ2v) is 8.49. The first-order valence-electron chi connectivity index (χ1n) is 8.75. The summed E-state index contributed by atoms with van der Waals surface area (Å²) in [6.07, 6.45) is 0. The van der Waals surface area contributed by atoms with E-state index in [0.29, 0.717) is 5.56 Å². The highest BCUT2D eigenvalue weighted by molar-refractivity contribution is 7.92. The summed E-state index contributed by atoms with van der Waals surface area (Å²) < 4.78 is 37.8. The number of carbonyl (C=O) groups excluding carboxylic acids is 2. The van der Waals surface area contributed by atoms with E-state index < -0.39 is 27.3 Å². The van der Waals surface area contributed by atoms with E-state index in [1.807, 2.05) is 6.92 Å². The second kappa shape index (κ2) is 8.36. The summed E-state index contributed by atoms with van der Waals surface area (Å²) in [6.45, 7) is 1.81. The zero-order chi connectivity index (χ0) is 21.0. The van der Waals surface area contributed by atoms with Crippen molar-refractivity contribution >= 4 is 27.2 Å². The molecule has 0 spiro atoms. The van der Waals surface area contributed by atoms with Crippen molar-refractivity contribution in [1.29, 1.82) is 0 Å². The number of halogens is 1. The van der Waals surface area contributed by atoms with Gasteiger partial charge in [0, 0.05) is 11.1 Å². The third-order valence-electron chi connectivity index (χ3n) is 4.22. The number of sulfone groups is 1. The zero-order valence-electron chi connectivity index (χ0n) is 15.6. The number of amides is 1. The Hall–Kier alpha value is -3.32. The van der Waals surface area contributed by atoms with Gasteiger partial charge in [-0.3, -0.25) is 9.59 Å². The molecule has 0 aliphatic rings.